The highest BCUT2D eigenvalue weighted by atomic mass is 127. The molecule has 0 bridgehead atoms. The number of carboxylic acid groups (broad SMARTS) is 1. The van der Waals surface area contributed by atoms with Gasteiger partial charge in [-0.1, -0.05) is 23.7 Å². The number of anilines is 2. The Morgan fingerprint density at radius 2 is 1.87 bits per heavy atom. The van der Waals surface area contributed by atoms with E-state index < -0.39 is 12.6 Å². The summed E-state index contributed by atoms with van der Waals surface area (Å²) >= 11 is 9.44. The third-order valence-corrected chi connectivity index (χ3v) is 6.90. The third-order valence-electron chi connectivity index (χ3n) is 5.09. The minimum Gasteiger partial charge on any atom is -0.490 e. The van der Waals surface area contributed by atoms with Crippen molar-refractivity contribution in [3.05, 3.63) is 85.8 Å². The van der Waals surface area contributed by atoms with Gasteiger partial charge in [0.05, 0.1) is 22.1 Å². The fraction of sp³-hybridized carbons (Fsp3) is 0.111. The van der Waals surface area contributed by atoms with Gasteiger partial charge in [-0.05, 0) is 83.6 Å². The molecular formula is C27H22ClIN4O5S. The lowest BCUT2D eigenvalue weighted by Gasteiger charge is -2.13. The first kappa shape index (κ1) is 28.3. The number of aliphatic carboxylic acids is 1. The number of thiazole rings is 1. The molecule has 9 nitrogen and oxygen atoms in total. The number of ether oxygens (including phenoxy) is 2. The van der Waals surface area contributed by atoms with E-state index in [9.17, 15) is 9.59 Å². The topological polar surface area (TPSA) is 122 Å². The number of halogens is 2. The average Bonchev–Trinajstić information content (AvgIpc) is 3.38. The summed E-state index contributed by atoms with van der Waals surface area (Å²) in [5.74, 6) is -0.726. The summed E-state index contributed by atoms with van der Waals surface area (Å²) in [6.45, 7) is 1.70. The van der Waals surface area contributed by atoms with Crippen LogP contribution in [0.3, 0.4) is 0 Å². The van der Waals surface area contributed by atoms with Gasteiger partial charge in [0.25, 0.3) is 5.91 Å². The molecule has 1 amide bonds. The maximum Gasteiger partial charge on any atom is 0.341 e. The number of carbonyl (C=O) groups is 2. The predicted octanol–water partition coefficient (Wildman–Crippen LogP) is 6.44. The third kappa shape index (κ3) is 7.91. The molecule has 0 saturated carbocycles. The minimum absolute atomic E-state index is 0.342. The first-order chi connectivity index (χ1) is 18.8. The second kappa shape index (κ2) is 13.4. The zero-order valence-electron chi connectivity index (χ0n) is 20.5. The maximum atomic E-state index is 12.6. The van der Waals surface area contributed by atoms with Crippen molar-refractivity contribution in [1.29, 1.82) is 0 Å². The van der Waals surface area contributed by atoms with E-state index in [4.69, 9.17) is 26.2 Å². The molecule has 0 atom stereocenters. The summed E-state index contributed by atoms with van der Waals surface area (Å²) in [6, 6.07) is 17.8. The molecule has 0 spiro atoms. The number of benzene rings is 3. The van der Waals surface area contributed by atoms with Gasteiger partial charge >= 0.3 is 5.97 Å². The molecule has 200 valence electrons. The molecule has 0 fully saturated rings. The van der Waals surface area contributed by atoms with E-state index in [1.807, 2.05) is 59.2 Å². The van der Waals surface area contributed by atoms with Crippen LogP contribution < -0.4 is 20.2 Å². The highest BCUT2D eigenvalue weighted by Gasteiger charge is 2.14. The molecule has 0 aliphatic heterocycles. The van der Waals surface area contributed by atoms with E-state index in [-0.39, 0.29) is 5.91 Å². The Labute approximate surface area is 247 Å². The van der Waals surface area contributed by atoms with Gasteiger partial charge < -0.3 is 19.9 Å². The van der Waals surface area contributed by atoms with Crippen LogP contribution >= 0.6 is 45.5 Å². The summed E-state index contributed by atoms with van der Waals surface area (Å²) in [6.07, 6.45) is 1.47. The minimum atomic E-state index is -1.09. The second-order valence-electron chi connectivity index (χ2n) is 7.89. The number of hydrogen-bond acceptors (Lipinski definition) is 8. The molecule has 0 aliphatic carbocycles. The monoisotopic (exact) mass is 676 g/mol. The highest BCUT2D eigenvalue weighted by Crippen LogP contribution is 2.34. The number of aromatic nitrogens is 1. The van der Waals surface area contributed by atoms with Crippen molar-refractivity contribution in [2.24, 2.45) is 5.10 Å². The van der Waals surface area contributed by atoms with Crippen molar-refractivity contribution in [1.82, 2.24) is 10.4 Å². The Morgan fingerprint density at radius 3 is 2.56 bits per heavy atom. The van der Waals surface area contributed by atoms with E-state index in [0.29, 0.717) is 37.8 Å². The molecule has 12 heteroatoms. The molecule has 4 aromatic rings. The zero-order chi connectivity index (χ0) is 27.8. The van der Waals surface area contributed by atoms with Crippen molar-refractivity contribution >= 4 is 74.4 Å². The number of carbonyl (C=O) groups excluding carboxylic acids is 1. The summed E-state index contributed by atoms with van der Waals surface area (Å²) in [5, 5.41) is 19.5. The van der Waals surface area contributed by atoms with Crippen LogP contribution in [0.25, 0.3) is 11.3 Å². The Bertz CT molecular complexity index is 1490. The number of rotatable bonds is 11. The summed E-state index contributed by atoms with van der Waals surface area (Å²) in [4.78, 5) is 28.1. The van der Waals surface area contributed by atoms with Crippen LogP contribution in [0.4, 0.5) is 10.8 Å². The highest BCUT2D eigenvalue weighted by molar-refractivity contribution is 14.1. The molecule has 3 aromatic carbocycles. The predicted molar refractivity (Wildman–Crippen MR) is 161 cm³/mol. The molecule has 39 heavy (non-hydrogen) atoms. The number of carboxylic acids is 1. The molecule has 1 heterocycles. The number of nitrogens with one attached hydrogen (secondary N) is 2. The van der Waals surface area contributed by atoms with Gasteiger partial charge in [0, 0.05) is 27.2 Å². The zero-order valence-corrected chi connectivity index (χ0v) is 24.2. The lowest BCUT2D eigenvalue weighted by Crippen LogP contribution is -2.17. The number of hydrazone groups is 1. The van der Waals surface area contributed by atoms with Crippen molar-refractivity contribution in [3.8, 4) is 22.8 Å². The normalized spacial score (nSPS) is 10.8. The molecule has 0 radical (unpaired) electrons. The Hall–Kier alpha value is -3.68. The van der Waals surface area contributed by atoms with Gasteiger partial charge in [-0.15, -0.1) is 11.3 Å². The summed E-state index contributed by atoms with van der Waals surface area (Å²) in [7, 11) is 0. The first-order valence-electron chi connectivity index (χ1n) is 11.5. The van der Waals surface area contributed by atoms with Gasteiger partial charge in [0.2, 0.25) is 0 Å². The molecule has 0 aliphatic rings. The van der Waals surface area contributed by atoms with Crippen LogP contribution in [0, 0.1) is 3.57 Å². The van der Waals surface area contributed by atoms with Crippen LogP contribution in [0.15, 0.2) is 71.1 Å². The lowest BCUT2D eigenvalue weighted by atomic mass is 10.1. The lowest BCUT2D eigenvalue weighted by molar-refractivity contribution is -0.139. The van der Waals surface area contributed by atoms with E-state index in [1.165, 1.54) is 17.6 Å². The molecule has 0 unspecified atom stereocenters. The summed E-state index contributed by atoms with van der Waals surface area (Å²) < 4.78 is 11.6. The molecule has 0 saturated heterocycles. The van der Waals surface area contributed by atoms with Gasteiger partial charge in [-0.25, -0.2) is 15.2 Å². The number of hydrogen-bond donors (Lipinski definition) is 3. The van der Waals surface area contributed by atoms with Crippen LogP contribution in [-0.4, -0.2) is 41.4 Å². The smallest absolute Gasteiger partial charge is 0.341 e. The van der Waals surface area contributed by atoms with E-state index in [1.54, 1.807) is 36.4 Å². The van der Waals surface area contributed by atoms with Gasteiger partial charge in [0.15, 0.2) is 23.2 Å². The Balaban J connectivity index is 1.38. The van der Waals surface area contributed by atoms with Crippen LogP contribution in [0.1, 0.15) is 22.8 Å². The summed E-state index contributed by atoms with van der Waals surface area (Å²) in [5.41, 5.74) is 6.15. The average molecular weight is 677 g/mol. The number of nitrogens with zero attached hydrogens (tertiary/aromatic N) is 2. The van der Waals surface area contributed by atoms with Crippen molar-refractivity contribution in [2.45, 2.75) is 6.92 Å². The molecule has 3 N–H and O–H groups in total. The fourth-order valence-electron chi connectivity index (χ4n) is 3.34. The van der Waals surface area contributed by atoms with Gasteiger partial charge in [-0.2, -0.15) is 5.10 Å². The standard InChI is InChI=1S/C27H22ClIN4O5S/c1-2-37-23-12-16(11-21(29)25(23)38-14-24(34)35)13-30-33-26(36)18-5-3-17(4-6-18)22-15-39-27(32-22)31-20-9-7-19(28)8-10-20/h3-13,15H,2,14H2,1H3,(H,31,32)(H,33,36)(H,34,35)/b30-13-. The van der Waals surface area contributed by atoms with Crippen molar-refractivity contribution in [2.75, 3.05) is 18.5 Å². The first-order valence-corrected chi connectivity index (χ1v) is 13.9. The SMILES string of the molecule is CCOc1cc(/C=N\NC(=O)c2ccc(-c3csc(Nc4ccc(Cl)cc4)n3)cc2)cc(I)c1OCC(=O)O. The molecular weight excluding hydrogens is 655 g/mol. The molecule has 4 rings (SSSR count). The van der Waals surface area contributed by atoms with E-state index in [2.05, 4.69) is 20.8 Å². The van der Waals surface area contributed by atoms with Crippen LogP contribution in [0.2, 0.25) is 5.02 Å². The van der Waals surface area contributed by atoms with Crippen LogP contribution in [0.5, 0.6) is 11.5 Å². The van der Waals surface area contributed by atoms with Gasteiger partial charge in [-0.3, -0.25) is 4.79 Å². The Kier molecular flexibility index (Phi) is 9.74. The maximum absolute atomic E-state index is 12.6. The van der Waals surface area contributed by atoms with E-state index >= 15 is 0 Å². The quantitative estimate of drug-likeness (QED) is 0.0950. The van der Waals surface area contributed by atoms with Crippen LogP contribution in [-0.2, 0) is 4.79 Å². The largest absolute Gasteiger partial charge is 0.490 e. The Morgan fingerprint density at radius 1 is 1.13 bits per heavy atom. The molecule has 1 aromatic heterocycles. The van der Waals surface area contributed by atoms with Crippen molar-refractivity contribution in [3.63, 3.8) is 0 Å². The van der Waals surface area contributed by atoms with Gasteiger partial charge in [0.1, 0.15) is 0 Å². The second-order valence-corrected chi connectivity index (χ2v) is 10.3. The van der Waals surface area contributed by atoms with Crippen molar-refractivity contribution < 1.29 is 24.2 Å². The fourth-order valence-corrected chi connectivity index (χ4v) is 4.99. The van der Waals surface area contributed by atoms with E-state index in [0.717, 1.165) is 22.1 Å². The number of amides is 1.